The lowest BCUT2D eigenvalue weighted by Crippen LogP contribution is -2.48. The van der Waals surface area contributed by atoms with E-state index in [1.807, 2.05) is 6.92 Å². The van der Waals surface area contributed by atoms with Crippen LogP contribution in [0.5, 0.6) is 0 Å². The van der Waals surface area contributed by atoms with Crippen molar-refractivity contribution in [1.82, 2.24) is 19.2 Å². The fraction of sp³-hybridized carbons (Fsp3) is 0.600. The summed E-state index contributed by atoms with van der Waals surface area (Å²) in [7, 11) is -3.92. The van der Waals surface area contributed by atoms with Crippen molar-refractivity contribution >= 4 is 10.2 Å². The number of hydrogen-bond donors (Lipinski definition) is 2. The van der Waals surface area contributed by atoms with Gasteiger partial charge in [-0.1, -0.05) is 26.8 Å². The molecule has 0 spiro atoms. The predicted molar refractivity (Wildman–Crippen MR) is 111 cm³/mol. The second-order valence-electron chi connectivity index (χ2n) is 8.81. The molecule has 2 N–H and O–H groups in total. The van der Waals surface area contributed by atoms with Crippen molar-refractivity contribution in [2.75, 3.05) is 13.1 Å². The Morgan fingerprint density at radius 3 is 2.47 bits per heavy atom. The highest BCUT2D eigenvalue weighted by Crippen LogP contribution is 2.36. The number of halogens is 1. The molecule has 1 aliphatic rings. The molecule has 0 radical (unpaired) electrons. The van der Waals surface area contributed by atoms with Gasteiger partial charge in [0.25, 0.3) is 10.2 Å². The van der Waals surface area contributed by atoms with Crippen LogP contribution in [0.25, 0.3) is 0 Å². The second kappa shape index (κ2) is 8.24. The first kappa shape index (κ1) is 22.6. The lowest BCUT2D eigenvalue weighted by molar-refractivity contribution is 0.193. The van der Waals surface area contributed by atoms with Crippen molar-refractivity contribution in [3.8, 4) is 0 Å². The Kier molecular flexibility index (Phi) is 6.22. The molecule has 0 bridgehead atoms. The topological polar surface area (TPSA) is 108 Å². The zero-order chi connectivity index (χ0) is 22.3. The van der Waals surface area contributed by atoms with Crippen molar-refractivity contribution in [3.05, 3.63) is 51.1 Å². The Hall–Kier alpha value is -2.04. The molecular weight excluding hydrogens is 411 g/mol. The summed E-state index contributed by atoms with van der Waals surface area (Å²) < 4.78 is 50.0. The molecule has 2 heterocycles. The molecule has 0 aliphatic carbocycles. The number of rotatable bonds is 6. The first-order chi connectivity index (χ1) is 13.9. The SMILES string of the molecule is Cc1ccc(F)c([C@H](C)[C@H](NS(=O)(=O)N2CCC(C)(C)CC2)c2n[nH]c(=O)o2)c1C. The van der Waals surface area contributed by atoms with Crippen LogP contribution in [0.3, 0.4) is 0 Å². The van der Waals surface area contributed by atoms with Gasteiger partial charge in [-0.25, -0.2) is 14.3 Å². The van der Waals surface area contributed by atoms with Crippen LogP contribution in [0, 0.1) is 25.1 Å². The number of aromatic nitrogens is 2. The maximum atomic E-state index is 14.7. The third-order valence-corrected chi connectivity index (χ3v) is 7.70. The van der Waals surface area contributed by atoms with Gasteiger partial charge in [0.1, 0.15) is 11.9 Å². The van der Waals surface area contributed by atoms with Crippen LogP contribution in [0.4, 0.5) is 4.39 Å². The van der Waals surface area contributed by atoms with E-state index in [-0.39, 0.29) is 11.3 Å². The van der Waals surface area contributed by atoms with E-state index >= 15 is 0 Å². The Labute approximate surface area is 176 Å². The summed E-state index contributed by atoms with van der Waals surface area (Å²) in [5.74, 6) is -2.06. The number of nitrogens with zero attached hydrogens (tertiary/aromatic N) is 2. The standard InChI is InChI=1S/C20H29FN4O4S/c1-12-6-7-15(21)16(13(12)2)14(3)17(18-22-23-19(26)29-18)24-30(27,28)25-10-8-20(4,5)9-11-25/h6-7,14,17,24H,8-11H2,1-5H3,(H,23,26)/t14-,17-/m0/s1. The molecule has 3 rings (SSSR count). The van der Waals surface area contributed by atoms with Gasteiger partial charge in [-0.05, 0) is 54.9 Å². The van der Waals surface area contributed by atoms with E-state index in [9.17, 15) is 17.6 Å². The highest BCUT2D eigenvalue weighted by molar-refractivity contribution is 7.87. The maximum absolute atomic E-state index is 14.7. The van der Waals surface area contributed by atoms with Crippen LogP contribution < -0.4 is 10.5 Å². The van der Waals surface area contributed by atoms with Crippen molar-refractivity contribution in [1.29, 1.82) is 0 Å². The lowest BCUT2D eigenvalue weighted by atomic mass is 9.83. The van der Waals surface area contributed by atoms with Gasteiger partial charge >= 0.3 is 5.76 Å². The van der Waals surface area contributed by atoms with Gasteiger partial charge in [0.05, 0.1) is 0 Å². The molecule has 8 nitrogen and oxygen atoms in total. The molecule has 0 unspecified atom stereocenters. The Morgan fingerprint density at radius 1 is 1.27 bits per heavy atom. The zero-order valence-corrected chi connectivity index (χ0v) is 18.8. The van der Waals surface area contributed by atoms with E-state index in [0.29, 0.717) is 24.2 Å². The van der Waals surface area contributed by atoms with Crippen LogP contribution in [0.15, 0.2) is 21.3 Å². The smallest absolute Gasteiger partial charge is 0.391 e. The maximum Gasteiger partial charge on any atom is 0.434 e. The van der Waals surface area contributed by atoms with Crippen LogP contribution >= 0.6 is 0 Å². The molecule has 0 saturated carbocycles. The Morgan fingerprint density at radius 2 is 1.90 bits per heavy atom. The van der Waals surface area contributed by atoms with Gasteiger partial charge < -0.3 is 4.42 Å². The quantitative estimate of drug-likeness (QED) is 0.718. The minimum absolute atomic E-state index is 0.0789. The van der Waals surface area contributed by atoms with Gasteiger partial charge in [-0.3, -0.25) is 0 Å². The number of nitrogens with one attached hydrogen (secondary N) is 2. The molecule has 1 aromatic carbocycles. The average Bonchev–Trinajstić information content (AvgIpc) is 3.09. The lowest BCUT2D eigenvalue weighted by Gasteiger charge is -2.37. The van der Waals surface area contributed by atoms with Gasteiger partial charge in [-0.15, -0.1) is 5.10 Å². The van der Waals surface area contributed by atoms with Crippen LogP contribution in [-0.2, 0) is 10.2 Å². The fourth-order valence-corrected chi connectivity index (χ4v) is 5.28. The van der Waals surface area contributed by atoms with E-state index in [1.54, 1.807) is 19.9 Å². The molecule has 30 heavy (non-hydrogen) atoms. The molecular formula is C20H29FN4O4S. The third kappa shape index (κ3) is 4.65. The minimum Gasteiger partial charge on any atom is -0.391 e. The Bertz CT molecular complexity index is 1070. The number of piperidine rings is 1. The molecule has 166 valence electrons. The number of aryl methyl sites for hydroxylation is 1. The monoisotopic (exact) mass is 440 g/mol. The summed E-state index contributed by atoms with van der Waals surface area (Å²) in [5.41, 5.74) is 2.02. The highest BCUT2D eigenvalue weighted by atomic mass is 32.2. The third-order valence-electron chi connectivity index (χ3n) is 6.10. The van der Waals surface area contributed by atoms with Crippen molar-refractivity contribution < 1.29 is 17.2 Å². The van der Waals surface area contributed by atoms with Crippen molar-refractivity contribution in [2.45, 2.75) is 59.4 Å². The second-order valence-corrected chi connectivity index (χ2v) is 10.5. The summed E-state index contributed by atoms with van der Waals surface area (Å²) in [6, 6.07) is 1.97. The predicted octanol–water partition coefficient (Wildman–Crippen LogP) is 2.92. The molecule has 10 heteroatoms. The van der Waals surface area contributed by atoms with Crippen LogP contribution in [0.2, 0.25) is 0 Å². The molecule has 0 amide bonds. The minimum atomic E-state index is -3.92. The fourth-order valence-electron chi connectivity index (χ4n) is 3.84. The first-order valence-corrected chi connectivity index (χ1v) is 11.4. The van der Waals surface area contributed by atoms with E-state index in [1.165, 1.54) is 10.4 Å². The van der Waals surface area contributed by atoms with Crippen molar-refractivity contribution in [2.24, 2.45) is 5.41 Å². The Balaban J connectivity index is 1.97. The normalized spacial score (nSPS) is 19.5. The molecule has 1 aromatic heterocycles. The number of aromatic amines is 1. The van der Waals surface area contributed by atoms with Crippen molar-refractivity contribution in [3.63, 3.8) is 0 Å². The first-order valence-electron chi connectivity index (χ1n) is 10.00. The summed E-state index contributed by atoms with van der Waals surface area (Å²) in [5, 5.41) is 5.98. The van der Waals surface area contributed by atoms with Crippen LogP contribution in [0.1, 0.15) is 68.2 Å². The van der Waals surface area contributed by atoms with Gasteiger partial charge in [-0.2, -0.15) is 17.4 Å². The number of benzene rings is 1. The molecule has 2 atom stereocenters. The van der Waals surface area contributed by atoms with Gasteiger partial charge in [0, 0.05) is 19.0 Å². The largest absolute Gasteiger partial charge is 0.434 e. The summed E-state index contributed by atoms with van der Waals surface area (Å²) in [6.45, 7) is 10.3. The zero-order valence-electron chi connectivity index (χ0n) is 18.0. The number of H-pyrrole nitrogens is 1. The summed E-state index contributed by atoms with van der Waals surface area (Å²) >= 11 is 0. The van der Waals surface area contributed by atoms with Crippen LogP contribution in [-0.4, -0.2) is 36.0 Å². The number of hydrogen-bond acceptors (Lipinski definition) is 5. The van der Waals surface area contributed by atoms with Gasteiger partial charge in [0.15, 0.2) is 0 Å². The van der Waals surface area contributed by atoms with E-state index < -0.39 is 33.7 Å². The van der Waals surface area contributed by atoms with E-state index in [0.717, 1.165) is 18.4 Å². The highest BCUT2D eigenvalue weighted by Gasteiger charge is 2.37. The van der Waals surface area contributed by atoms with E-state index in [2.05, 4.69) is 28.8 Å². The van der Waals surface area contributed by atoms with Gasteiger partial charge in [0.2, 0.25) is 5.89 Å². The average molecular weight is 441 g/mol. The summed E-state index contributed by atoms with van der Waals surface area (Å²) in [6.07, 6.45) is 1.47. The summed E-state index contributed by atoms with van der Waals surface area (Å²) in [4.78, 5) is 11.5. The molecule has 1 saturated heterocycles. The van der Waals surface area contributed by atoms with E-state index in [4.69, 9.17) is 4.42 Å². The molecule has 1 fully saturated rings. The molecule has 1 aliphatic heterocycles. The molecule has 2 aromatic rings.